The van der Waals surface area contributed by atoms with E-state index in [4.69, 9.17) is 5.11 Å². The van der Waals surface area contributed by atoms with Crippen molar-refractivity contribution in [1.82, 2.24) is 0 Å². The minimum Gasteiger partial charge on any atom is -0.478 e. The van der Waals surface area contributed by atoms with E-state index in [1.165, 1.54) is 37.3 Å². The molecule has 0 aromatic heterocycles. The second-order valence-corrected chi connectivity index (χ2v) is 8.50. The topological polar surface area (TPSA) is 37.3 Å². The zero-order valence-electron chi connectivity index (χ0n) is 14.9. The zero-order valence-corrected chi connectivity index (χ0v) is 14.9. The Balaban J connectivity index is 2.20. The fourth-order valence-corrected chi connectivity index (χ4v) is 5.35. The highest BCUT2D eigenvalue weighted by atomic mass is 16.4. The Kier molecular flexibility index (Phi) is 4.89. The molecule has 0 aliphatic heterocycles. The molecule has 0 spiro atoms. The molecule has 0 amide bonds. The van der Waals surface area contributed by atoms with Crippen molar-refractivity contribution in [2.24, 2.45) is 22.7 Å². The Hall–Kier alpha value is -1.05. The lowest BCUT2D eigenvalue weighted by atomic mass is 9.48. The molecule has 2 nitrogen and oxygen atoms in total. The lowest BCUT2D eigenvalue weighted by molar-refractivity contribution is -0.131. The Morgan fingerprint density at radius 3 is 2.68 bits per heavy atom. The molecular formula is C20H32O2. The molecule has 0 saturated heterocycles. The first-order valence-corrected chi connectivity index (χ1v) is 8.73. The van der Waals surface area contributed by atoms with Crippen LogP contribution in [0.5, 0.6) is 0 Å². The Morgan fingerprint density at radius 2 is 2.05 bits per heavy atom. The summed E-state index contributed by atoms with van der Waals surface area (Å²) in [6.45, 7) is 11.6. The Morgan fingerprint density at radius 1 is 1.36 bits per heavy atom. The van der Waals surface area contributed by atoms with Crippen molar-refractivity contribution in [3.8, 4) is 0 Å². The van der Waals surface area contributed by atoms with Gasteiger partial charge in [-0.3, -0.25) is 0 Å². The number of carboxylic acid groups (broad SMARTS) is 1. The van der Waals surface area contributed by atoms with E-state index in [1.807, 2.05) is 6.92 Å². The maximum atomic E-state index is 10.8. The SMILES string of the molecule is CC1=CC[C@H]2C(C)(C)CCC[C@]2(C)[C@H]1CC/C(C)=C/C(=O)O. The van der Waals surface area contributed by atoms with Crippen LogP contribution in [0.2, 0.25) is 0 Å². The number of allylic oxidation sites excluding steroid dienone is 3. The molecule has 0 unspecified atom stereocenters. The maximum absolute atomic E-state index is 10.8. The molecule has 1 fully saturated rings. The second-order valence-electron chi connectivity index (χ2n) is 8.50. The summed E-state index contributed by atoms with van der Waals surface area (Å²) < 4.78 is 0. The van der Waals surface area contributed by atoms with Crippen molar-refractivity contribution < 1.29 is 9.90 Å². The molecule has 0 radical (unpaired) electrons. The molecule has 0 heterocycles. The molecule has 2 rings (SSSR count). The number of carbonyl (C=O) groups is 1. The summed E-state index contributed by atoms with van der Waals surface area (Å²) in [5.41, 5.74) is 3.32. The van der Waals surface area contributed by atoms with Crippen molar-refractivity contribution >= 4 is 5.97 Å². The van der Waals surface area contributed by atoms with Gasteiger partial charge in [-0.25, -0.2) is 4.79 Å². The van der Waals surface area contributed by atoms with Gasteiger partial charge in [0.15, 0.2) is 0 Å². The fourth-order valence-electron chi connectivity index (χ4n) is 5.35. The fraction of sp³-hybridized carbons (Fsp3) is 0.750. The van der Waals surface area contributed by atoms with Crippen LogP contribution in [-0.2, 0) is 4.79 Å². The third-order valence-corrected chi connectivity index (χ3v) is 6.49. The van der Waals surface area contributed by atoms with Gasteiger partial charge >= 0.3 is 5.97 Å². The van der Waals surface area contributed by atoms with Crippen LogP contribution in [-0.4, -0.2) is 11.1 Å². The van der Waals surface area contributed by atoms with E-state index in [0.29, 0.717) is 16.7 Å². The summed E-state index contributed by atoms with van der Waals surface area (Å²) in [6, 6.07) is 0. The molecule has 0 bridgehead atoms. The smallest absolute Gasteiger partial charge is 0.328 e. The summed E-state index contributed by atoms with van der Waals surface area (Å²) in [7, 11) is 0. The van der Waals surface area contributed by atoms with Gasteiger partial charge in [0.25, 0.3) is 0 Å². The van der Waals surface area contributed by atoms with Gasteiger partial charge in [-0.15, -0.1) is 0 Å². The monoisotopic (exact) mass is 304 g/mol. The molecule has 0 aromatic rings. The van der Waals surface area contributed by atoms with E-state index in [2.05, 4.69) is 33.8 Å². The number of fused-ring (bicyclic) bond motifs is 1. The highest BCUT2D eigenvalue weighted by molar-refractivity contribution is 5.80. The molecule has 2 aliphatic carbocycles. The van der Waals surface area contributed by atoms with Crippen LogP contribution in [0, 0.1) is 22.7 Å². The van der Waals surface area contributed by atoms with Gasteiger partial charge in [0.2, 0.25) is 0 Å². The second kappa shape index (κ2) is 6.22. The number of carboxylic acids is 1. The molecular weight excluding hydrogens is 272 g/mol. The van der Waals surface area contributed by atoms with Gasteiger partial charge in [0, 0.05) is 6.08 Å². The molecule has 2 aliphatic rings. The van der Waals surface area contributed by atoms with E-state index in [1.54, 1.807) is 0 Å². The Bertz CT molecular complexity index is 498. The number of hydrogen-bond acceptors (Lipinski definition) is 1. The lowest BCUT2D eigenvalue weighted by Crippen LogP contribution is -2.48. The minimum absolute atomic E-state index is 0.379. The summed E-state index contributed by atoms with van der Waals surface area (Å²) >= 11 is 0. The number of hydrogen-bond donors (Lipinski definition) is 1. The summed E-state index contributed by atoms with van der Waals surface area (Å²) in [4.78, 5) is 10.8. The van der Waals surface area contributed by atoms with E-state index < -0.39 is 5.97 Å². The van der Waals surface area contributed by atoms with Crippen LogP contribution in [0.15, 0.2) is 23.3 Å². The average Bonchev–Trinajstić information content (AvgIpc) is 2.35. The predicted molar refractivity (Wildman–Crippen MR) is 91.7 cm³/mol. The molecule has 22 heavy (non-hydrogen) atoms. The van der Waals surface area contributed by atoms with E-state index >= 15 is 0 Å². The first-order chi connectivity index (χ1) is 10.2. The van der Waals surface area contributed by atoms with Gasteiger partial charge in [-0.1, -0.05) is 44.4 Å². The number of rotatable bonds is 4. The van der Waals surface area contributed by atoms with Crippen LogP contribution in [0.1, 0.15) is 73.1 Å². The number of aliphatic carboxylic acids is 1. The highest BCUT2D eigenvalue weighted by Gasteiger charge is 2.51. The van der Waals surface area contributed by atoms with E-state index in [9.17, 15) is 4.79 Å². The highest BCUT2D eigenvalue weighted by Crippen LogP contribution is 2.60. The van der Waals surface area contributed by atoms with Crippen molar-refractivity contribution in [3.05, 3.63) is 23.3 Å². The van der Waals surface area contributed by atoms with Crippen molar-refractivity contribution in [3.63, 3.8) is 0 Å². The van der Waals surface area contributed by atoms with Crippen molar-refractivity contribution in [2.75, 3.05) is 0 Å². The maximum Gasteiger partial charge on any atom is 0.328 e. The Labute approximate surface area is 135 Å². The first-order valence-electron chi connectivity index (χ1n) is 8.73. The summed E-state index contributed by atoms with van der Waals surface area (Å²) in [6.07, 6.45) is 11.0. The van der Waals surface area contributed by atoms with Crippen LogP contribution in [0.25, 0.3) is 0 Å². The predicted octanol–water partition coefficient (Wildman–Crippen LogP) is 5.60. The van der Waals surface area contributed by atoms with E-state index in [-0.39, 0.29) is 0 Å². The average molecular weight is 304 g/mol. The van der Waals surface area contributed by atoms with Gasteiger partial charge < -0.3 is 5.11 Å². The standard InChI is InChI=1S/C20H32O2/c1-14(13-18(21)22)7-9-16-15(2)8-10-17-19(3,4)11-6-12-20(16,17)5/h8,13,16-17H,6-7,9-12H2,1-5H3,(H,21,22)/b14-13+/t16-,17-,20+/m0/s1. The summed E-state index contributed by atoms with van der Waals surface area (Å²) in [5.74, 6) is 0.533. The van der Waals surface area contributed by atoms with E-state index in [0.717, 1.165) is 24.3 Å². The molecule has 3 atom stereocenters. The summed E-state index contributed by atoms with van der Waals surface area (Å²) in [5, 5.41) is 8.89. The molecule has 1 N–H and O–H groups in total. The lowest BCUT2D eigenvalue weighted by Gasteiger charge is -2.57. The van der Waals surface area contributed by atoms with Gasteiger partial charge in [0.05, 0.1) is 0 Å². The van der Waals surface area contributed by atoms with Crippen LogP contribution < -0.4 is 0 Å². The third-order valence-electron chi connectivity index (χ3n) is 6.49. The zero-order chi connectivity index (χ0) is 16.5. The van der Waals surface area contributed by atoms with Gasteiger partial charge in [-0.05, 0) is 68.6 Å². The molecule has 2 heteroatoms. The van der Waals surface area contributed by atoms with Gasteiger partial charge in [0.1, 0.15) is 0 Å². The molecule has 0 aromatic carbocycles. The van der Waals surface area contributed by atoms with Crippen LogP contribution in [0.4, 0.5) is 0 Å². The van der Waals surface area contributed by atoms with Crippen LogP contribution >= 0.6 is 0 Å². The molecule has 1 saturated carbocycles. The van der Waals surface area contributed by atoms with Crippen LogP contribution in [0.3, 0.4) is 0 Å². The quantitative estimate of drug-likeness (QED) is 0.542. The van der Waals surface area contributed by atoms with Crippen molar-refractivity contribution in [2.45, 2.75) is 73.1 Å². The third kappa shape index (κ3) is 3.31. The minimum atomic E-state index is -0.823. The van der Waals surface area contributed by atoms with Crippen molar-refractivity contribution in [1.29, 1.82) is 0 Å². The normalized spacial score (nSPS) is 34.8. The molecule has 124 valence electrons. The first kappa shape index (κ1) is 17.3. The van der Waals surface area contributed by atoms with Gasteiger partial charge in [-0.2, -0.15) is 0 Å². The largest absolute Gasteiger partial charge is 0.478 e.